The Labute approximate surface area is 133 Å². The predicted molar refractivity (Wildman–Crippen MR) is 74.3 cm³/mol. The number of hydrogen-bond donors (Lipinski definition) is 1. The molecule has 24 heavy (non-hydrogen) atoms. The maximum absolute atomic E-state index is 13.2. The number of amides is 1. The largest absolute Gasteiger partial charge is 0.468 e. The van der Waals surface area contributed by atoms with Crippen LogP contribution in [-0.2, 0) is 15.7 Å². The van der Waals surface area contributed by atoms with Crippen molar-refractivity contribution >= 4 is 17.5 Å². The van der Waals surface area contributed by atoms with Crippen LogP contribution in [0.3, 0.4) is 0 Å². The molecule has 0 spiro atoms. The maximum Gasteiger partial charge on any atom is 0.433 e. The minimum absolute atomic E-state index is 0.0163. The topological polar surface area (TPSA) is 85.6 Å². The fourth-order valence-corrected chi connectivity index (χ4v) is 2.21. The van der Waals surface area contributed by atoms with Gasteiger partial charge in [-0.1, -0.05) is 0 Å². The van der Waals surface area contributed by atoms with Crippen molar-refractivity contribution in [2.45, 2.75) is 24.9 Å². The number of halogens is 3. The Balaban J connectivity index is 1.97. The molecule has 1 aliphatic rings. The Morgan fingerprint density at radius 2 is 2.08 bits per heavy atom. The molecule has 1 aliphatic carbocycles. The molecule has 0 unspecified atom stereocenters. The number of nitrogens with zero attached hydrogens (tertiary/aromatic N) is 3. The molecule has 128 valence electrons. The number of rotatable bonds is 4. The molecule has 0 aliphatic heterocycles. The van der Waals surface area contributed by atoms with Crippen molar-refractivity contribution in [1.29, 1.82) is 0 Å². The maximum atomic E-state index is 13.2. The molecule has 1 amide bonds. The van der Waals surface area contributed by atoms with Crippen LogP contribution in [0.2, 0.25) is 0 Å². The van der Waals surface area contributed by atoms with E-state index in [2.05, 4.69) is 20.1 Å². The van der Waals surface area contributed by atoms with Gasteiger partial charge in [0, 0.05) is 17.7 Å². The Hall–Kier alpha value is -2.65. The fraction of sp³-hybridized carbons (Fsp3) is 0.429. The van der Waals surface area contributed by atoms with Crippen LogP contribution in [0.5, 0.6) is 0 Å². The average molecular weight is 342 g/mol. The number of carbonyl (C=O) groups excluding carboxylic acids is 2. The van der Waals surface area contributed by atoms with E-state index in [9.17, 15) is 22.8 Å². The van der Waals surface area contributed by atoms with Crippen molar-refractivity contribution in [3.63, 3.8) is 0 Å². The van der Waals surface area contributed by atoms with Crippen molar-refractivity contribution in [3.8, 4) is 0 Å². The number of ether oxygens (including phenoxy) is 1. The summed E-state index contributed by atoms with van der Waals surface area (Å²) in [6.45, 7) is -0.407. The predicted octanol–water partition coefficient (Wildman–Crippen LogP) is 1.53. The summed E-state index contributed by atoms with van der Waals surface area (Å²) in [4.78, 5) is 27.1. The summed E-state index contributed by atoms with van der Waals surface area (Å²) in [5.74, 6) is -1.45. The number of carbonyl (C=O) groups is 2. The first-order valence-electron chi connectivity index (χ1n) is 7.12. The summed E-state index contributed by atoms with van der Waals surface area (Å²) in [5, 5.41) is 5.89. The van der Waals surface area contributed by atoms with Crippen LogP contribution < -0.4 is 5.32 Å². The Morgan fingerprint density at radius 3 is 2.67 bits per heavy atom. The molecule has 2 heterocycles. The van der Waals surface area contributed by atoms with Gasteiger partial charge in [-0.05, 0) is 18.9 Å². The van der Waals surface area contributed by atoms with Gasteiger partial charge in [-0.2, -0.15) is 18.3 Å². The van der Waals surface area contributed by atoms with Gasteiger partial charge in [-0.15, -0.1) is 0 Å². The van der Waals surface area contributed by atoms with Crippen molar-refractivity contribution in [2.75, 3.05) is 13.7 Å². The standard InChI is InChI=1S/C14H13F3N4O3/c1-24-12(22)6-18-13(23)9-5-11-19-8(7-2-3-7)4-10(14(15,16)17)21(11)20-9/h4-5,7H,2-3,6H2,1H3,(H,18,23). The molecule has 1 saturated carbocycles. The highest BCUT2D eigenvalue weighted by atomic mass is 19.4. The number of hydrogen-bond acceptors (Lipinski definition) is 5. The molecule has 10 heteroatoms. The van der Waals surface area contributed by atoms with Crippen LogP contribution in [0.25, 0.3) is 5.65 Å². The van der Waals surface area contributed by atoms with Crippen LogP contribution in [-0.4, -0.2) is 40.1 Å². The molecule has 0 atom stereocenters. The molecule has 0 bridgehead atoms. The zero-order chi connectivity index (χ0) is 17.5. The third-order valence-electron chi connectivity index (χ3n) is 3.59. The molecule has 0 saturated heterocycles. The summed E-state index contributed by atoms with van der Waals surface area (Å²) in [6.07, 6.45) is -3.04. The van der Waals surface area contributed by atoms with Crippen molar-refractivity contribution in [3.05, 3.63) is 29.2 Å². The SMILES string of the molecule is COC(=O)CNC(=O)c1cc2nc(C3CC3)cc(C(F)(F)F)n2n1. The average Bonchev–Trinajstić information content (AvgIpc) is 3.29. The number of aromatic nitrogens is 3. The van der Waals surface area contributed by atoms with Crippen LogP contribution in [0.15, 0.2) is 12.1 Å². The highest BCUT2D eigenvalue weighted by Crippen LogP contribution is 2.41. The van der Waals surface area contributed by atoms with Gasteiger partial charge in [0.2, 0.25) is 0 Å². The number of methoxy groups -OCH3 is 1. The Morgan fingerprint density at radius 1 is 1.38 bits per heavy atom. The van der Waals surface area contributed by atoms with E-state index in [1.54, 1.807) is 0 Å². The van der Waals surface area contributed by atoms with Crippen LogP contribution in [0, 0.1) is 0 Å². The third-order valence-corrected chi connectivity index (χ3v) is 3.59. The zero-order valence-electron chi connectivity index (χ0n) is 12.6. The van der Waals surface area contributed by atoms with Crippen molar-refractivity contribution in [1.82, 2.24) is 19.9 Å². The molecule has 3 rings (SSSR count). The molecule has 2 aromatic heterocycles. The molecule has 1 N–H and O–H groups in total. The minimum Gasteiger partial charge on any atom is -0.468 e. The Bertz CT molecular complexity index is 811. The van der Waals surface area contributed by atoms with Gasteiger partial charge in [-0.25, -0.2) is 9.50 Å². The second kappa shape index (κ2) is 5.77. The van der Waals surface area contributed by atoms with E-state index in [1.165, 1.54) is 0 Å². The molecular weight excluding hydrogens is 329 g/mol. The van der Waals surface area contributed by atoms with Gasteiger partial charge < -0.3 is 10.1 Å². The highest BCUT2D eigenvalue weighted by Gasteiger charge is 2.37. The van der Waals surface area contributed by atoms with E-state index >= 15 is 0 Å². The summed E-state index contributed by atoms with van der Waals surface area (Å²) >= 11 is 0. The molecule has 0 radical (unpaired) electrons. The normalized spacial score (nSPS) is 14.7. The number of alkyl halides is 3. The van der Waals surface area contributed by atoms with Crippen molar-refractivity contribution < 1.29 is 27.5 Å². The van der Waals surface area contributed by atoms with E-state index in [1.807, 2.05) is 0 Å². The van der Waals surface area contributed by atoms with Crippen LogP contribution in [0.1, 0.15) is 40.6 Å². The lowest BCUT2D eigenvalue weighted by Crippen LogP contribution is -2.30. The minimum atomic E-state index is -4.63. The first kappa shape index (κ1) is 16.2. The summed E-state index contributed by atoms with van der Waals surface area (Å²) in [7, 11) is 1.15. The summed E-state index contributed by atoms with van der Waals surface area (Å²) < 4.78 is 44.7. The van der Waals surface area contributed by atoms with E-state index < -0.39 is 30.3 Å². The number of esters is 1. The second-order valence-electron chi connectivity index (χ2n) is 5.40. The lowest BCUT2D eigenvalue weighted by atomic mass is 10.2. The Kier molecular flexibility index (Phi) is 3.90. The zero-order valence-corrected chi connectivity index (χ0v) is 12.6. The van der Waals surface area contributed by atoms with E-state index in [0.29, 0.717) is 10.2 Å². The third kappa shape index (κ3) is 3.17. The lowest BCUT2D eigenvalue weighted by Gasteiger charge is -2.10. The number of fused-ring (bicyclic) bond motifs is 1. The van der Waals surface area contributed by atoms with E-state index in [4.69, 9.17) is 0 Å². The molecular formula is C14H13F3N4O3. The quantitative estimate of drug-likeness (QED) is 0.852. The lowest BCUT2D eigenvalue weighted by molar-refractivity contribution is -0.142. The summed E-state index contributed by atoms with van der Waals surface area (Å²) in [6, 6.07) is 2.13. The van der Waals surface area contributed by atoms with Crippen LogP contribution in [0.4, 0.5) is 13.2 Å². The smallest absolute Gasteiger partial charge is 0.433 e. The van der Waals surface area contributed by atoms with Gasteiger partial charge in [0.1, 0.15) is 12.2 Å². The molecule has 7 nitrogen and oxygen atoms in total. The highest BCUT2D eigenvalue weighted by molar-refractivity contribution is 5.95. The second-order valence-corrected chi connectivity index (χ2v) is 5.40. The summed E-state index contributed by atoms with van der Waals surface area (Å²) in [5.41, 5.74) is -0.961. The van der Waals surface area contributed by atoms with Crippen LogP contribution >= 0.6 is 0 Å². The first-order valence-corrected chi connectivity index (χ1v) is 7.12. The fourth-order valence-electron chi connectivity index (χ4n) is 2.21. The van der Waals surface area contributed by atoms with Crippen molar-refractivity contribution in [2.24, 2.45) is 0 Å². The monoisotopic (exact) mass is 342 g/mol. The molecule has 0 aromatic carbocycles. The number of nitrogens with one attached hydrogen (secondary N) is 1. The van der Waals surface area contributed by atoms with Gasteiger partial charge in [0.05, 0.1) is 7.11 Å². The van der Waals surface area contributed by atoms with Gasteiger partial charge >= 0.3 is 12.1 Å². The van der Waals surface area contributed by atoms with Gasteiger partial charge in [0.15, 0.2) is 11.3 Å². The van der Waals surface area contributed by atoms with Gasteiger partial charge in [-0.3, -0.25) is 9.59 Å². The van der Waals surface area contributed by atoms with E-state index in [-0.39, 0.29) is 17.3 Å². The van der Waals surface area contributed by atoms with Gasteiger partial charge in [0.25, 0.3) is 5.91 Å². The van der Waals surface area contributed by atoms with E-state index in [0.717, 1.165) is 32.1 Å². The first-order chi connectivity index (χ1) is 11.3. The molecule has 1 fully saturated rings. The molecule has 2 aromatic rings.